The van der Waals surface area contributed by atoms with Crippen LogP contribution in [0.5, 0.6) is 17.2 Å². The van der Waals surface area contributed by atoms with E-state index in [-0.39, 0.29) is 38.0 Å². The minimum atomic E-state index is -1.15. The molecule has 3 atom stereocenters. The molecule has 0 aromatic heterocycles. The topological polar surface area (TPSA) is 138 Å². The Morgan fingerprint density at radius 3 is 2.49 bits per heavy atom. The van der Waals surface area contributed by atoms with Crippen LogP contribution in [0.1, 0.15) is 30.4 Å². The van der Waals surface area contributed by atoms with Crippen LogP contribution in [0, 0.1) is 9.49 Å². The molecule has 2 aromatic carbocycles. The third-order valence-electron chi connectivity index (χ3n) is 7.36. The highest BCUT2D eigenvalue weighted by molar-refractivity contribution is 14.1. The van der Waals surface area contributed by atoms with Gasteiger partial charge in [0.2, 0.25) is 11.8 Å². The first-order valence-corrected chi connectivity index (χ1v) is 14.7. The fourth-order valence-electron chi connectivity index (χ4n) is 5.05. The van der Waals surface area contributed by atoms with E-state index in [9.17, 15) is 24.9 Å². The summed E-state index contributed by atoms with van der Waals surface area (Å²) in [6.45, 7) is -0.00733. The van der Waals surface area contributed by atoms with Gasteiger partial charge in [0, 0.05) is 31.0 Å². The number of hydrogen-bond donors (Lipinski definition) is 4. The van der Waals surface area contributed by atoms with Crippen molar-refractivity contribution in [2.45, 2.75) is 50.5 Å². The minimum absolute atomic E-state index is 0.0563. The molecule has 0 spiro atoms. The summed E-state index contributed by atoms with van der Waals surface area (Å²) >= 11 is 2.07. The Bertz CT molecular complexity index is 1270. The number of nitrogens with zero attached hydrogens (tertiary/aromatic N) is 1. The number of carbonyl (C=O) groups is 2. The summed E-state index contributed by atoms with van der Waals surface area (Å²) in [5.41, 5.74) is 1.92. The van der Waals surface area contributed by atoms with E-state index in [0.717, 1.165) is 18.4 Å². The molecule has 0 bridgehead atoms. The molecule has 2 aromatic rings. The van der Waals surface area contributed by atoms with E-state index >= 15 is 0 Å². The number of aliphatic hydroxyl groups excluding tert-OH is 3. The van der Waals surface area contributed by atoms with Gasteiger partial charge in [-0.05, 0) is 77.3 Å². The number of carbonyl (C=O) groups excluding carboxylic acids is 2. The molecule has 0 saturated heterocycles. The molecular weight excluding hydrogens is 643 g/mol. The molecule has 1 fully saturated rings. The van der Waals surface area contributed by atoms with Gasteiger partial charge in [0.05, 0.1) is 37.0 Å². The molecule has 1 saturated carbocycles. The largest absolute Gasteiger partial charge is 0.496 e. The van der Waals surface area contributed by atoms with E-state index in [4.69, 9.17) is 14.2 Å². The summed E-state index contributed by atoms with van der Waals surface area (Å²) < 4.78 is 18.0. The molecule has 10 nitrogen and oxygen atoms in total. The summed E-state index contributed by atoms with van der Waals surface area (Å²) in [6, 6.07) is 10.3. The van der Waals surface area contributed by atoms with Crippen molar-refractivity contribution < 1.29 is 39.1 Å². The molecule has 2 aliphatic rings. The van der Waals surface area contributed by atoms with Crippen molar-refractivity contribution in [3.8, 4) is 17.2 Å². The van der Waals surface area contributed by atoms with Crippen LogP contribution in [-0.4, -0.2) is 84.2 Å². The molecule has 4 rings (SSSR count). The van der Waals surface area contributed by atoms with E-state index in [1.807, 2.05) is 24.3 Å². The number of aliphatic hydroxyl groups is 3. The van der Waals surface area contributed by atoms with Gasteiger partial charge < -0.3 is 39.7 Å². The molecule has 3 unspecified atom stereocenters. The third kappa shape index (κ3) is 7.51. The van der Waals surface area contributed by atoms with Gasteiger partial charge in [-0.1, -0.05) is 18.2 Å². The second-order valence-corrected chi connectivity index (χ2v) is 11.3. The van der Waals surface area contributed by atoms with Gasteiger partial charge >= 0.3 is 0 Å². The van der Waals surface area contributed by atoms with Crippen LogP contribution in [0.15, 0.2) is 48.0 Å². The molecule has 222 valence electrons. The minimum Gasteiger partial charge on any atom is -0.496 e. The molecule has 2 amide bonds. The van der Waals surface area contributed by atoms with Crippen LogP contribution in [0.3, 0.4) is 0 Å². The third-order valence-corrected chi connectivity index (χ3v) is 8.17. The standard InChI is InChI=1S/C30H37IN2O8/c1-39-24-6-4-3-5-19(24)9-11-33(30(38)20-7-8-20)23-15-21(29(37)32-10-12-34)16-25(27(23)36)41-28-22(31)13-18(17-35)14-26(28)40-2/h3-6,13-14,16,20,23,25,27,34-36H,7-12,15,17H2,1-2H3,(H,32,37). The normalized spacial score (nSPS) is 20.1. The van der Waals surface area contributed by atoms with Crippen LogP contribution in [0.4, 0.5) is 0 Å². The number of para-hydroxylation sites is 1. The van der Waals surface area contributed by atoms with Gasteiger partial charge in [-0.15, -0.1) is 0 Å². The molecule has 2 aliphatic carbocycles. The first kappa shape index (κ1) is 31.1. The first-order valence-electron chi connectivity index (χ1n) is 13.6. The molecule has 4 N–H and O–H groups in total. The molecule has 11 heteroatoms. The Labute approximate surface area is 253 Å². The summed E-state index contributed by atoms with van der Waals surface area (Å²) in [6.07, 6.45) is 1.65. The SMILES string of the molecule is COc1ccccc1CCN(C(=O)C1CC1)C1CC(C(=O)NCCO)=CC(Oc2c(I)cc(CO)cc2OC)C1O. The molecule has 41 heavy (non-hydrogen) atoms. The fourth-order valence-corrected chi connectivity index (χ4v) is 5.84. The number of nitrogens with one attached hydrogen (secondary N) is 1. The van der Waals surface area contributed by atoms with Gasteiger partial charge in [0.1, 0.15) is 18.0 Å². The van der Waals surface area contributed by atoms with Crippen molar-refractivity contribution in [2.24, 2.45) is 5.92 Å². The maximum absolute atomic E-state index is 13.6. The van der Waals surface area contributed by atoms with Crippen LogP contribution in [-0.2, 0) is 22.6 Å². The zero-order chi connectivity index (χ0) is 29.5. The maximum atomic E-state index is 13.6. The summed E-state index contributed by atoms with van der Waals surface area (Å²) in [5.74, 6) is 0.884. The maximum Gasteiger partial charge on any atom is 0.247 e. The Hall–Kier alpha value is -2.87. The highest BCUT2D eigenvalue weighted by Crippen LogP contribution is 2.38. The average Bonchev–Trinajstić information content (AvgIpc) is 3.84. The van der Waals surface area contributed by atoms with Crippen molar-refractivity contribution >= 4 is 34.4 Å². The zero-order valence-electron chi connectivity index (χ0n) is 23.2. The Kier molecular flexibility index (Phi) is 10.9. The molecule has 0 radical (unpaired) electrons. The van der Waals surface area contributed by atoms with Gasteiger partial charge in [-0.3, -0.25) is 9.59 Å². The summed E-state index contributed by atoms with van der Waals surface area (Å²) in [4.78, 5) is 28.4. The fraction of sp³-hybridized carbons (Fsp3) is 0.467. The summed E-state index contributed by atoms with van der Waals surface area (Å²) in [7, 11) is 3.08. The molecular formula is C30H37IN2O8. The van der Waals surface area contributed by atoms with Crippen molar-refractivity contribution in [3.63, 3.8) is 0 Å². The van der Waals surface area contributed by atoms with Crippen LogP contribution in [0.25, 0.3) is 0 Å². The van der Waals surface area contributed by atoms with Gasteiger partial charge in [0.25, 0.3) is 0 Å². The molecule has 0 heterocycles. The highest BCUT2D eigenvalue weighted by atomic mass is 127. The second-order valence-electron chi connectivity index (χ2n) is 10.2. The quantitative estimate of drug-likeness (QED) is 0.237. The van der Waals surface area contributed by atoms with E-state index in [1.165, 1.54) is 7.11 Å². The molecule has 0 aliphatic heterocycles. The van der Waals surface area contributed by atoms with Crippen molar-refractivity contribution in [1.82, 2.24) is 10.2 Å². The van der Waals surface area contributed by atoms with Crippen molar-refractivity contribution in [3.05, 3.63) is 62.7 Å². The first-order chi connectivity index (χ1) is 19.8. The Balaban J connectivity index is 1.68. The van der Waals surface area contributed by atoms with Gasteiger partial charge in [0.15, 0.2) is 11.5 Å². The van der Waals surface area contributed by atoms with Crippen molar-refractivity contribution in [2.75, 3.05) is 33.9 Å². The lowest BCUT2D eigenvalue weighted by Crippen LogP contribution is -2.56. The lowest BCUT2D eigenvalue weighted by molar-refractivity contribution is -0.139. The van der Waals surface area contributed by atoms with E-state index in [2.05, 4.69) is 27.9 Å². The zero-order valence-corrected chi connectivity index (χ0v) is 25.4. The van der Waals surface area contributed by atoms with Gasteiger partial charge in [-0.25, -0.2) is 0 Å². The highest BCUT2D eigenvalue weighted by Gasteiger charge is 2.44. The van der Waals surface area contributed by atoms with Crippen molar-refractivity contribution in [1.29, 1.82) is 0 Å². The Morgan fingerprint density at radius 1 is 1.10 bits per heavy atom. The van der Waals surface area contributed by atoms with E-state index in [1.54, 1.807) is 30.2 Å². The average molecular weight is 681 g/mol. The number of benzene rings is 2. The van der Waals surface area contributed by atoms with Crippen LogP contribution < -0.4 is 19.5 Å². The number of methoxy groups -OCH3 is 2. The number of halogens is 1. The van der Waals surface area contributed by atoms with Crippen LogP contribution >= 0.6 is 22.6 Å². The lowest BCUT2D eigenvalue weighted by atomic mass is 9.87. The summed E-state index contributed by atoms with van der Waals surface area (Å²) in [5, 5.41) is 33.2. The number of rotatable bonds is 13. The predicted molar refractivity (Wildman–Crippen MR) is 160 cm³/mol. The number of amides is 2. The van der Waals surface area contributed by atoms with Crippen LogP contribution in [0.2, 0.25) is 0 Å². The number of hydrogen-bond acceptors (Lipinski definition) is 8. The second kappa shape index (κ2) is 14.3. The monoisotopic (exact) mass is 680 g/mol. The lowest BCUT2D eigenvalue weighted by Gasteiger charge is -2.41. The predicted octanol–water partition coefficient (Wildman–Crippen LogP) is 2.20. The number of ether oxygens (including phenoxy) is 3. The van der Waals surface area contributed by atoms with E-state index < -0.39 is 24.2 Å². The smallest absolute Gasteiger partial charge is 0.247 e. The Morgan fingerprint density at radius 2 is 1.83 bits per heavy atom. The van der Waals surface area contributed by atoms with E-state index in [0.29, 0.717) is 44.9 Å². The van der Waals surface area contributed by atoms with Gasteiger partial charge in [-0.2, -0.15) is 0 Å².